The molecular formula is C24H36N2O5. The van der Waals surface area contributed by atoms with E-state index in [2.05, 4.69) is 11.8 Å². The van der Waals surface area contributed by atoms with Crippen LogP contribution >= 0.6 is 0 Å². The topological polar surface area (TPSA) is 79.3 Å². The number of hydrogen-bond donors (Lipinski definition) is 1. The van der Waals surface area contributed by atoms with Crippen LogP contribution in [-0.2, 0) is 20.9 Å². The molecule has 0 radical (unpaired) electrons. The number of piperidine rings is 2. The van der Waals surface area contributed by atoms with Gasteiger partial charge in [0.2, 0.25) is 5.91 Å². The zero-order valence-electron chi connectivity index (χ0n) is 19.0. The summed E-state index contributed by atoms with van der Waals surface area (Å²) in [7, 11) is 3.01. The Balaban J connectivity index is 1.51. The van der Waals surface area contributed by atoms with Crippen molar-refractivity contribution in [2.24, 2.45) is 17.8 Å². The molecule has 2 unspecified atom stereocenters. The van der Waals surface area contributed by atoms with Gasteiger partial charge in [-0.15, -0.1) is 0 Å². The summed E-state index contributed by atoms with van der Waals surface area (Å²) in [6.45, 7) is 6.04. The van der Waals surface area contributed by atoms with Gasteiger partial charge in [-0.2, -0.15) is 0 Å². The largest absolute Gasteiger partial charge is 0.507 e. The number of benzene rings is 1. The average molecular weight is 433 g/mol. The molecule has 1 N–H and O–H groups in total. The number of carbonyl (C=O) groups is 2. The van der Waals surface area contributed by atoms with Gasteiger partial charge in [0.1, 0.15) is 11.5 Å². The van der Waals surface area contributed by atoms with Crippen molar-refractivity contribution in [3.05, 3.63) is 23.8 Å². The van der Waals surface area contributed by atoms with E-state index in [1.54, 1.807) is 13.2 Å². The van der Waals surface area contributed by atoms with E-state index < -0.39 is 0 Å². The summed E-state index contributed by atoms with van der Waals surface area (Å²) in [5.74, 6) is 1.75. The van der Waals surface area contributed by atoms with Crippen molar-refractivity contribution < 1.29 is 24.2 Å². The van der Waals surface area contributed by atoms with Crippen molar-refractivity contribution in [1.29, 1.82) is 0 Å². The molecule has 0 bridgehead atoms. The summed E-state index contributed by atoms with van der Waals surface area (Å²) >= 11 is 0. The highest BCUT2D eigenvalue weighted by atomic mass is 16.5. The molecule has 2 atom stereocenters. The van der Waals surface area contributed by atoms with Crippen LogP contribution in [0.4, 0.5) is 0 Å². The molecule has 3 rings (SSSR count). The minimum atomic E-state index is -0.159. The molecule has 2 aliphatic rings. The Labute approximate surface area is 185 Å². The van der Waals surface area contributed by atoms with Gasteiger partial charge in [0.15, 0.2) is 0 Å². The van der Waals surface area contributed by atoms with Gasteiger partial charge in [-0.05, 0) is 43.7 Å². The maximum atomic E-state index is 12.9. The molecule has 2 fully saturated rings. The number of amides is 1. The number of phenols is 1. The molecule has 31 heavy (non-hydrogen) atoms. The minimum absolute atomic E-state index is 0.0740. The zero-order valence-corrected chi connectivity index (χ0v) is 19.0. The maximum absolute atomic E-state index is 12.9. The molecule has 2 heterocycles. The Kier molecular flexibility index (Phi) is 8.18. The van der Waals surface area contributed by atoms with Crippen LogP contribution in [0.1, 0.15) is 44.6 Å². The molecule has 0 saturated carbocycles. The summed E-state index contributed by atoms with van der Waals surface area (Å²) in [4.78, 5) is 28.9. The van der Waals surface area contributed by atoms with Gasteiger partial charge in [-0.25, -0.2) is 0 Å². The third-order valence-electron chi connectivity index (χ3n) is 7.01. The van der Waals surface area contributed by atoms with Gasteiger partial charge < -0.3 is 19.5 Å². The number of likely N-dealkylation sites (tertiary alicyclic amines) is 2. The number of aromatic hydroxyl groups is 1. The Morgan fingerprint density at radius 3 is 2.45 bits per heavy atom. The van der Waals surface area contributed by atoms with Gasteiger partial charge in [0.25, 0.3) is 0 Å². The van der Waals surface area contributed by atoms with Crippen molar-refractivity contribution in [2.75, 3.05) is 40.4 Å². The first-order chi connectivity index (χ1) is 14.9. The molecule has 0 aliphatic carbocycles. The van der Waals surface area contributed by atoms with Crippen molar-refractivity contribution in [3.8, 4) is 11.5 Å². The van der Waals surface area contributed by atoms with E-state index >= 15 is 0 Å². The molecule has 1 amide bonds. The molecule has 172 valence electrons. The molecule has 1 aromatic rings. The van der Waals surface area contributed by atoms with Gasteiger partial charge in [0.05, 0.1) is 20.1 Å². The Bertz CT molecular complexity index is 760. The van der Waals surface area contributed by atoms with E-state index in [0.717, 1.165) is 31.5 Å². The van der Waals surface area contributed by atoms with Crippen LogP contribution in [0.2, 0.25) is 0 Å². The minimum Gasteiger partial charge on any atom is -0.507 e. The highest BCUT2D eigenvalue weighted by molar-refractivity contribution is 5.77. The number of esters is 1. The van der Waals surface area contributed by atoms with Crippen LogP contribution in [0, 0.1) is 17.8 Å². The number of ether oxygens (including phenoxy) is 2. The van der Waals surface area contributed by atoms with Crippen molar-refractivity contribution >= 4 is 11.9 Å². The Morgan fingerprint density at radius 2 is 1.84 bits per heavy atom. The second-order valence-corrected chi connectivity index (χ2v) is 8.83. The van der Waals surface area contributed by atoms with Crippen LogP contribution < -0.4 is 4.74 Å². The highest BCUT2D eigenvalue weighted by Crippen LogP contribution is 2.32. The fraction of sp³-hybridized carbons (Fsp3) is 0.667. The lowest BCUT2D eigenvalue weighted by Gasteiger charge is -2.39. The standard InChI is InChI=1S/C24H36N2O5/c1-4-17-15-25(16-20-5-6-21(30-2)14-22(20)27)10-7-19(17)13-23(28)26-11-8-18(9-12-26)24(29)31-3/h5-6,14,17-19,27H,4,7-13,15-16H2,1-3H3. The lowest BCUT2D eigenvalue weighted by atomic mass is 9.81. The second-order valence-electron chi connectivity index (χ2n) is 8.83. The van der Waals surface area contributed by atoms with E-state index in [9.17, 15) is 14.7 Å². The van der Waals surface area contributed by atoms with Crippen LogP contribution in [0.5, 0.6) is 11.5 Å². The summed E-state index contributed by atoms with van der Waals surface area (Å²) in [6.07, 6.45) is 4.00. The highest BCUT2D eigenvalue weighted by Gasteiger charge is 2.33. The van der Waals surface area contributed by atoms with Gasteiger partial charge in [-0.3, -0.25) is 14.5 Å². The van der Waals surface area contributed by atoms with Crippen LogP contribution in [0.3, 0.4) is 0 Å². The molecular weight excluding hydrogens is 396 g/mol. The quantitative estimate of drug-likeness (QED) is 0.667. The summed E-state index contributed by atoms with van der Waals surface area (Å²) in [5, 5.41) is 10.3. The van der Waals surface area contributed by atoms with Crippen molar-refractivity contribution in [1.82, 2.24) is 9.80 Å². The van der Waals surface area contributed by atoms with E-state index in [0.29, 0.717) is 56.5 Å². The molecule has 0 spiro atoms. The first-order valence-corrected chi connectivity index (χ1v) is 11.4. The predicted octanol–water partition coefficient (Wildman–Crippen LogP) is 3.05. The predicted molar refractivity (Wildman–Crippen MR) is 118 cm³/mol. The third-order valence-corrected chi connectivity index (χ3v) is 7.01. The van der Waals surface area contributed by atoms with Crippen LogP contribution in [0.15, 0.2) is 18.2 Å². The molecule has 2 aliphatic heterocycles. The molecule has 7 heteroatoms. The maximum Gasteiger partial charge on any atom is 0.308 e. The lowest BCUT2D eigenvalue weighted by Crippen LogP contribution is -2.44. The molecule has 2 saturated heterocycles. The number of rotatable bonds is 7. The molecule has 0 aromatic heterocycles. The third kappa shape index (κ3) is 5.91. The SMILES string of the molecule is CCC1CN(Cc2ccc(OC)cc2O)CCC1CC(=O)N1CCC(C(=O)OC)CC1. The van der Waals surface area contributed by atoms with E-state index in [-0.39, 0.29) is 23.5 Å². The summed E-state index contributed by atoms with van der Waals surface area (Å²) in [6, 6.07) is 5.45. The Morgan fingerprint density at radius 1 is 1.10 bits per heavy atom. The number of nitrogens with zero attached hydrogens (tertiary/aromatic N) is 2. The first-order valence-electron chi connectivity index (χ1n) is 11.4. The van der Waals surface area contributed by atoms with Crippen molar-refractivity contribution in [3.63, 3.8) is 0 Å². The smallest absolute Gasteiger partial charge is 0.308 e. The average Bonchev–Trinajstić information content (AvgIpc) is 2.80. The van der Waals surface area contributed by atoms with E-state index in [1.165, 1.54) is 7.11 Å². The second kappa shape index (κ2) is 10.8. The van der Waals surface area contributed by atoms with Gasteiger partial charge >= 0.3 is 5.97 Å². The molecule has 1 aromatic carbocycles. The Hall–Kier alpha value is -2.28. The molecule has 7 nitrogen and oxygen atoms in total. The first kappa shape index (κ1) is 23.4. The van der Waals surface area contributed by atoms with Gasteiger partial charge in [-0.1, -0.05) is 19.4 Å². The summed E-state index contributed by atoms with van der Waals surface area (Å²) < 4.78 is 10.0. The van der Waals surface area contributed by atoms with E-state index in [4.69, 9.17) is 9.47 Å². The van der Waals surface area contributed by atoms with Gasteiger partial charge in [0, 0.05) is 44.2 Å². The summed E-state index contributed by atoms with van der Waals surface area (Å²) in [5.41, 5.74) is 0.902. The fourth-order valence-corrected chi connectivity index (χ4v) is 4.96. The fourth-order valence-electron chi connectivity index (χ4n) is 4.96. The number of hydrogen-bond acceptors (Lipinski definition) is 6. The lowest BCUT2D eigenvalue weighted by molar-refractivity contribution is -0.149. The van der Waals surface area contributed by atoms with Crippen molar-refractivity contribution in [2.45, 2.75) is 45.6 Å². The number of methoxy groups -OCH3 is 2. The number of phenolic OH excluding ortho intramolecular Hbond substituents is 1. The van der Waals surface area contributed by atoms with Crippen LogP contribution in [-0.4, -0.2) is 67.2 Å². The van der Waals surface area contributed by atoms with Crippen LogP contribution in [0.25, 0.3) is 0 Å². The monoisotopic (exact) mass is 432 g/mol. The normalized spacial score (nSPS) is 22.9. The van der Waals surface area contributed by atoms with E-state index in [1.807, 2.05) is 17.0 Å². The zero-order chi connectivity index (χ0) is 22.4. The number of carbonyl (C=O) groups excluding carboxylic acids is 2.